The normalized spacial score (nSPS) is 16.8. The van der Waals surface area contributed by atoms with E-state index >= 15 is 0 Å². The number of hydrogen-bond donors (Lipinski definition) is 1. The quantitative estimate of drug-likeness (QED) is 0.757. The molecule has 0 radical (unpaired) electrons. The summed E-state index contributed by atoms with van der Waals surface area (Å²) in [6.07, 6.45) is -6.56. The molecule has 0 aromatic heterocycles. The summed E-state index contributed by atoms with van der Waals surface area (Å²) in [6.45, 7) is 4.62. The van der Waals surface area contributed by atoms with Crippen LogP contribution in [0.2, 0.25) is 0 Å². The van der Waals surface area contributed by atoms with Crippen LogP contribution >= 0.6 is 0 Å². The Kier molecular flexibility index (Phi) is 4.75. The number of hydrogen-bond acceptors (Lipinski definition) is 4. The first kappa shape index (κ1) is 15.2. The van der Waals surface area contributed by atoms with Gasteiger partial charge in [0.15, 0.2) is 6.10 Å². The fourth-order valence-corrected chi connectivity index (χ4v) is 0.921. The van der Waals surface area contributed by atoms with Crippen molar-refractivity contribution in [1.82, 2.24) is 0 Å². The first-order valence-electron chi connectivity index (χ1n) is 4.57. The summed E-state index contributed by atoms with van der Waals surface area (Å²) < 4.78 is 46.0. The van der Waals surface area contributed by atoms with E-state index in [1.165, 1.54) is 20.8 Å². The molecule has 0 aliphatic heterocycles. The molecule has 0 unspecified atom stereocenters. The zero-order valence-electron chi connectivity index (χ0n) is 9.59. The SMILES string of the molecule is CO[C@H](C(=O)OC(C)(C)C)[C@H](N)C(F)(F)F. The molecule has 16 heavy (non-hydrogen) atoms. The third-order valence-corrected chi connectivity index (χ3v) is 1.60. The minimum Gasteiger partial charge on any atom is -0.458 e. The van der Waals surface area contributed by atoms with Gasteiger partial charge in [-0.15, -0.1) is 0 Å². The molecule has 0 saturated carbocycles. The topological polar surface area (TPSA) is 61.5 Å². The minimum atomic E-state index is -4.71. The number of nitrogens with two attached hydrogens (primary N) is 1. The molecule has 2 N–H and O–H groups in total. The maximum atomic E-state index is 12.3. The lowest BCUT2D eigenvalue weighted by molar-refractivity contribution is -0.195. The Balaban J connectivity index is 4.69. The summed E-state index contributed by atoms with van der Waals surface area (Å²) in [5, 5.41) is 0. The van der Waals surface area contributed by atoms with Gasteiger partial charge in [-0.25, -0.2) is 4.79 Å². The number of ether oxygens (including phenoxy) is 2. The molecule has 0 aliphatic carbocycles. The van der Waals surface area contributed by atoms with E-state index in [1.807, 2.05) is 0 Å². The second-order valence-corrected chi connectivity index (χ2v) is 4.26. The van der Waals surface area contributed by atoms with Crippen LogP contribution in [0.25, 0.3) is 0 Å². The molecule has 0 aliphatic rings. The number of methoxy groups -OCH3 is 1. The van der Waals surface area contributed by atoms with Gasteiger partial charge in [-0.1, -0.05) is 0 Å². The molecule has 0 saturated heterocycles. The second kappa shape index (κ2) is 5.01. The van der Waals surface area contributed by atoms with E-state index in [9.17, 15) is 18.0 Å². The summed E-state index contributed by atoms with van der Waals surface area (Å²) in [5.41, 5.74) is 3.98. The van der Waals surface area contributed by atoms with Crippen molar-refractivity contribution in [3.05, 3.63) is 0 Å². The highest BCUT2D eigenvalue weighted by molar-refractivity contribution is 5.76. The molecule has 0 aromatic carbocycles. The van der Waals surface area contributed by atoms with E-state index in [1.54, 1.807) is 0 Å². The van der Waals surface area contributed by atoms with E-state index in [0.29, 0.717) is 0 Å². The third-order valence-electron chi connectivity index (χ3n) is 1.60. The van der Waals surface area contributed by atoms with Crippen LogP contribution in [0, 0.1) is 0 Å². The van der Waals surface area contributed by atoms with Crippen molar-refractivity contribution in [2.24, 2.45) is 5.73 Å². The van der Waals surface area contributed by atoms with Gasteiger partial charge in [-0.05, 0) is 20.8 Å². The fourth-order valence-electron chi connectivity index (χ4n) is 0.921. The lowest BCUT2D eigenvalue weighted by Crippen LogP contribution is -2.52. The van der Waals surface area contributed by atoms with Crippen molar-refractivity contribution in [2.45, 2.75) is 44.7 Å². The number of esters is 1. The van der Waals surface area contributed by atoms with Crippen LogP contribution in [0.5, 0.6) is 0 Å². The molecule has 0 fully saturated rings. The number of halogens is 3. The molecular formula is C9H16F3NO3. The monoisotopic (exact) mass is 243 g/mol. The number of carbonyl (C=O) groups excluding carboxylic acids is 1. The molecule has 96 valence electrons. The molecule has 0 aromatic rings. The van der Waals surface area contributed by atoms with Gasteiger partial charge >= 0.3 is 12.1 Å². The molecule has 0 rings (SSSR count). The molecule has 4 nitrogen and oxygen atoms in total. The largest absolute Gasteiger partial charge is 0.458 e. The predicted molar refractivity (Wildman–Crippen MR) is 50.7 cm³/mol. The zero-order valence-corrected chi connectivity index (χ0v) is 9.59. The predicted octanol–water partition coefficient (Wildman–Crippen LogP) is 1.23. The maximum Gasteiger partial charge on any atom is 0.406 e. The average Bonchev–Trinajstić information content (AvgIpc) is 1.99. The van der Waals surface area contributed by atoms with Gasteiger partial charge in [0, 0.05) is 7.11 Å². The summed E-state index contributed by atoms with van der Waals surface area (Å²) >= 11 is 0. The first-order valence-corrected chi connectivity index (χ1v) is 4.57. The standard InChI is InChI=1S/C9H16F3NO3/c1-8(2,3)16-7(14)5(15-4)6(13)9(10,11)12/h5-6H,13H2,1-4H3/t5-,6-/m0/s1. The lowest BCUT2D eigenvalue weighted by atomic mass is 10.1. The lowest BCUT2D eigenvalue weighted by Gasteiger charge is -2.27. The first-order chi connectivity index (χ1) is 6.99. The molecule has 0 heterocycles. The highest BCUT2D eigenvalue weighted by Crippen LogP contribution is 2.23. The Labute approximate surface area is 91.9 Å². The van der Waals surface area contributed by atoms with E-state index < -0.39 is 29.9 Å². The highest BCUT2D eigenvalue weighted by atomic mass is 19.4. The van der Waals surface area contributed by atoms with E-state index in [-0.39, 0.29) is 0 Å². The minimum absolute atomic E-state index is 0.890. The van der Waals surface area contributed by atoms with Crippen LogP contribution in [0.15, 0.2) is 0 Å². The van der Waals surface area contributed by atoms with E-state index in [4.69, 9.17) is 10.5 Å². The highest BCUT2D eigenvalue weighted by Gasteiger charge is 2.46. The van der Waals surface area contributed by atoms with Gasteiger partial charge in [0.2, 0.25) is 0 Å². The number of rotatable bonds is 3. The third kappa shape index (κ3) is 4.80. The molecule has 0 amide bonds. The Bertz CT molecular complexity index is 247. The average molecular weight is 243 g/mol. The van der Waals surface area contributed by atoms with Gasteiger partial charge in [-0.2, -0.15) is 13.2 Å². The van der Waals surface area contributed by atoms with Crippen LogP contribution in [-0.2, 0) is 14.3 Å². The van der Waals surface area contributed by atoms with Crippen LogP contribution in [0.3, 0.4) is 0 Å². The van der Waals surface area contributed by atoms with Gasteiger partial charge < -0.3 is 15.2 Å². The van der Waals surface area contributed by atoms with Crippen molar-refractivity contribution in [3.8, 4) is 0 Å². The summed E-state index contributed by atoms with van der Waals surface area (Å²) in [5.74, 6) is -1.13. The molecule has 0 spiro atoms. The molecule has 7 heteroatoms. The Hall–Kier alpha value is -0.820. The van der Waals surface area contributed by atoms with Crippen molar-refractivity contribution >= 4 is 5.97 Å². The van der Waals surface area contributed by atoms with Crippen molar-refractivity contribution in [2.75, 3.05) is 7.11 Å². The Morgan fingerprint density at radius 3 is 1.94 bits per heavy atom. The van der Waals surface area contributed by atoms with Gasteiger partial charge in [0.05, 0.1) is 0 Å². The van der Waals surface area contributed by atoms with Crippen LogP contribution in [0.1, 0.15) is 20.8 Å². The Morgan fingerprint density at radius 2 is 1.69 bits per heavy atom. The van der Waals surface area contributed by atoms with Gasteiger partial charge in [-0.3, -0.25) is 0 Å². The number of alkyl halides is 3. The number of carbonyl (C=O) groups is 1. The fraction of sp³-hybridized carbons (Fsp3) is 0.889. The van der Waals surface area contributed by atoms with Crippen LogP contribution in [0.4, 0.5) is 13.2 Å². The van der Waals surface area contributed by atoms with E-state index in [0.717, 1.165) is 7.11 Å². The molecular weight excluding hydrogens is 227 g/mol. The van der Waals surface area contributed by atoms with Gasteiger partial charge in [0.25, 0.3) is 0 Å². The summed E-state index contributed by atoms with van der Waals surface area (Å²) in [6, 6.07) is -2.40. The van der Waals surface area contributed by atoms with Crippen molar-refractivity contribution < 1.29 is 27.4 Å². The van der Waals surface area contributed by atoms with Crippen LogP contribution < -0.4 is 5.73 Å². The summed E-state index contributed by atoms with van der Waals surface area (Å²) in [7, 11) is 0.972. The smallest absolute Gasteiger partial charge is 0.406 e. The van der Waals surface area contributed by atoms with Crippen molar-refractivity contribution in [1.29, 1.82) is 0 Å². The summed E-state index contributed by atoms with van der Waals surface area (Å²) in [4.78, 5) is 11.4. The Morgan fingerprint density at radius 1 is 1.25 bits per heavy atom. The second-order valence-electron chi connectivity index (χ2n) is 4.26. The zero-order chi connectivity index (χ0) is 13.1. The van der Waals surface area contributed by atoms with Crippen LogP contribution in [-0.4, -0.2) is 37.0 Å². The van der Waals surface area contributed by atoms with Crippen molar-refractivity contribution in [3.63, 3.8) is 0 Å². The van der Waals surface area contributed by atoms with Gasteiger partial charge in [0.1, 0.15) is 11.6 Å². The maximum absolute atomic E-state index is 12.3. The molecule has 2 atom stereocenters. The molecule has 0 bridgehead atoms. The van der Waals surface area contributed by atoms with E-state index in [2.05, 4.69) is 4.74 Å².